The standard InChI is InChI=1S/C24H20Cl2N4OS/c1-11-4-2-5-12-8-9-15-13-6-3-7-14(16-10-17(25)32-23(16)26)19(13)21(27)22(20(15)18(11)12)29-24(28)30-31/h2-6,8-10,14,22,27,31H,7H2,1H3,(H3,28,29,30). The molecule has 0 saturated carbocycles. The molecule has 0 radical (unpaired) electrons. The molecule has 5 nitrogen and oxygen atoms in total. The van der Waals surface area contributed by atoms with E-state index >= 15 is 0 Å². The second kappa shape index (κ2) is 8.05. The Hall–Kier alpha value is -2.64. The van der Waals surface area contributed by atoms with Crippen molar-refractivity contribution in [3.05, 3.63) is 85.0 Å². The van der Waals surface area contributed by atoms with Gasteiger partial charge in [0.1, 0.15) is 6.04 Å². The number of nitrogens with two attached hydrogens (primary N) is 1. The Morgan fingerprint density at radius 3 is 2.81 bits per heavy atom. The van der Waals surface area contributed by atoms with E-state index in [2.05, 4.69) is 48.3 Å². The van der Waals surface area contributed by atoms with Crippen LogP contribution in [-0.4, -0.2) is 16.9 Å². The number of halogens is 2. The molecule has 0 amide bonds. The molecule has 0 bridgehead atoms. The summed E-state index contributed by atoms with van der Waals surface area (Å²) in [5.74, 6) is -0.250. The highest BCUT2D eigenvalue weighted by Gasteiger charge is 2.38. The number of fused-ring (bicyclic) bond motifs is 4. The second-order valence-corrected chi connectivity index (χ2v) is 10.2. The molecule has 5 rings (SSSR count). The molecule has 0 aliphatic heterocycles. The summed E-state index contributed by atoms with van der Waals surface area (Å²) in [6, 6.07) is 11.5. The summed E-state index contributed by atoms with van der Waals surface area (Å²) in [6.45, 7) is 2.05. The number of hydrogen-bond donors (Lipinski definition) is 4. The van der Waals surface area contributed by atoms with Crippen LogP contribution in [0.3, 0.4) is 0 Å². The summed E-state index contributed by atoms with van der Waals surface area (Å²) in [7, 11) is 0. The van der Waals surface area contributed by atoms with Crippen LogP contribution in [-0.2, 0) is 0 Å². The summed E-state index contributed by atoms with van der Waals surface area (Å²) >= 11 is 14.1. The van der Waals surface area contributed by atoms with Gasteiger partial charge in [0.25, 0.3) is 0 Å². The third-order valence-electron chi connectivity index (χ3n) is 6.16. The minimum absolute atomic E-state index is 0.111. The van der Waals surface area contributed by atoms with E-state index in [1.807, 2.05) is 17.6 Å². The molecular formula is C24H20Cl2N4OS. The van der Waals surface area contributed by atoms with Gasteiger partial charge in [-0.25, -0.2) is 10.5 Å². The molecule has 0 fully saturated rings. The number of rotatable bonds is 2. The Morgan fingerprint density at radius 2 is 2.09 bits per heavy atom. The first-order valence-corrected chi connectivity index (χ1v) is 11.7. The summed E-state index contributed by atoms with van der Waals surface area (Å²) < 4.78 is 1.25. The van der Waals surface area contributed by atoms with Gasteiger partial charge in [0, 0.05) is 5.92 Å². The van der Waals surface area contributed by atoms with Gasteiger partial charge in [-0.05, 0) is 63.6 Å². The monoisotopic (exact) mass is 482 g/mol. The first-order chi connectivity index (χ1) is 15.4. The summed E-state index contributed by atoms with van der Waals surface area (Å²) in [5, 5.41) is 20.7. The molecule has 1 aromatic heterocycles. The van der Waals surface area contributed by atoms with Crippen LogP contribution < -0.4 is 11.2 Å². The number of hydrogen-bond acceptors (Lipinski definition) is 4. The van der Waals surface area contributed by atoms with Crippen LogP contribution in [0, 0.1) is 12.3 Å². The number of hydroxylamine groups is 1. The highest BCUT2D eigenvalue weighted by molar-refractivity contribution is 7.20. The van der Waals surface area contributed by atoms with Crippen molar-refractivity contribution >= 4 is 62.6 Å². The SMILES string of the molecule is Cc1cccc2ccc3c(c12)C(N=C(N)NO)C(=N)C1=C3C=CCC1c1cc(Cl)sc1Cl. The molecule has 2 unspecified atom stereocenters. The van der Waals surface area contributed by atoms with Crippen molar-refractivity contribution in [3.8, 4) is 0 Å². The highest BCUT2D eigenvalue weighted by atomic mass is 35.5. The van der Waals surface area contributed by atoms with Crippen LogP contribution in [0.15, 0.2) is 59.1 Å². The van der Waals surface area contributed by atoms with Gasteiger partial charge < -0.3 is 11.1 Å². The first kappa shape index (κ1) is 21.2. The van der Waals surface area contributed by atoms with Crippen LogP contribution in [0.2, 0.25) is 8.67 Å². The Balaban J connectivity index is 1.84. The molecule has 8 heteroatoms. The van der Waals surface area contributed by atoms with Gasteiger partial charge >= 0.3 is 0 Å². The Labute approximate surface area is 199 Å². The average molecular weight is 483 g/mol. The topological polar surface area (TPSA) is 94.5 Å². The number of nitrogens with zero attached hydrogens (tertiary/aromatic N) is 1. The lowest BCUT2D eigenvalue weighted by molar-refractivity contribution is 0.232. The molecule has 2 atom stereocenters. The van der Waals surface area contributed by atoms with Crippen molar-refractivity contribution < 1.29 is 5.21 Å². The quantitative estimate of drug-likeness (QED) is 0.194. The van der Waals surface area contributed by atoms with E-state index in [1.54, 1.807) is 0 Å². The first-order valence-electron chi connectivity index (χ1n) is 10.1. The molecule has 5 N–H and O–H groups in total. The van der Waals surface area contributed by atoms with E-state index in [-0.39, 0.29) is 11.9 Å². The normalized spacial score (nSPS) is 20.5. The van der Waals surface area contributed by atoms with Gasteiger partial charge in [0.15, 0.2) is 0 Å². The van der Waals surface area contributed by atoms with Crippen molar-refractivity contribution in [2.45, 2.75) is 25.3 Å². The molecule has 1 heterocycles. The number of thiophene rings is 1. The van der Waals surface area contributed by atoms with Crippen molar-refractivity contribution in [1.82, 2.24) is 5.48 Å². The summed E-state index contributed by atoms with van der Waals surface area (Å²) in [4.78, 5) is 4.51. The van der Waals surface area contributed by atoms with Crippen molar-refractivity contribution in [2.24, 2.45) is 10.7 Å². The van der Waals surface area contributed by atoms with Gasteiger partial charge in [-0.3, -0.25) is 5.21 Å². The lowest BCUT2D eigenvalue weighted by atomic mass is 9.70. The van der Waals surface area contributed by atoms with Gasteiger partial charge in [-0.2, -0.15) is 0 Å². The van der Waals surface area contributed by atoms with Gasteiger partial charge in [0.05, 0.1) is 14.4 Å². The van der Waals surface area contributed by atoms with Gasteiger partial charge in [-0.1, -0.05) is 65.7 Å². The van der Waals surface area contributed by atoms with E-state index in [0.717, 1.165) is 44.2 Å². The third-order valence-corrected chi connectivity index (χ3v) is 7.68. The van der Waals surface area contributed by atoms with Crippen molar-refractivity contribution in [3.63, 3.8) is 0 Å². The fraction of sp³-hybridized carbons (Fsp3) is 0.167. The zero-order valence-electron chi connectivity index (χ0n) is 17.1. The van der Waals surface area contributed by atoms with E-state index in [9.17, 15) is 10.6 Å². The number of allylic oxidation sites excluding steroid dienone is 3. The number of nitrogens with one attached hydrogen (secondary N) is 2. The maximum absolute atomic E-state index is 9.34. The molecule has 2 aliphatic carbocycles. The highest BCUT2D eigenvalue weighted by Crippen LogP contribution is 2.51. The van der Waals surface area contributed by atoms with Gasteiger partial charge in [0.2, 0.25) is 5.96 Å². The van der Waals surface area contributed by atoms with E-state index < -0.39 is 6.04 Å². The maximum atomic E-state index is 9.34. The lowest BCUT2D eigenvalue weighted by Gasteiger charge is -2.35. The number of aliphatic imine (C=N–C) groups is 1. The number of aryl methyl sites for hydroxylation is 1. The van der Waals surface area contributed by atoms with Crippen LogP contribution in [0.25, 0.3) is 16.3 Å². The molecule has 32 heavy (non-hydrogen) atoms. The molecule has 0 spiro atoms. The number of guanidine groups is 1. The second-order valence-electron chi connectivity index (χ2n) is 7.94. The fourth-order valence-electron chi connectivity index (χ4n) is 4.86. The number of benzene rings is 2. The Kier molecular flexibility index (Phi) is 5.34. The molecule has 2 aliphatic rings. The van der Waals surface area contributed by atoms with Crippen LogP contribution in [0.5, 0.6) is 0 Å². The summed E-state index contributed by atoms with van der Waals surface area (Å²) in [5.41, 5.74) is 13.9. The third kappa shape index (κ3) is 3.26. The van der Waals surface area contributed by atoms with Gasteiger partial charge in [-0.15, -0.1) is 11.3 Å². The van der Waals surface area contributed by atoms with E-state index in [0.29, 0.717) is 20.8 Å². The predicted molar refractivity (Wildman–Crippen MR) is 133 cm³/mol. The van der Waals surface area contributed by atoms with Crippen LogP contribution in [0.4, 0.5) is 0 Å². The van der Waals surface area contributed by atoms with Crippen molar-refractivity contribution in [2.75, 3.05) is 0 Å². The molecular weight excluding hydrogens is 463 g/mol. The zero-order chi connectivity index (χ0) is 22.6. The largest absolute Gasteiger partial charge is 0.368 e. The fourth-order valence-corrected chi connectivity index (χ4v) is 6.44. The zero-order valence-corrected chi connectivity index (χ0v) is 19.4. The van der Waals surface area contributed by atoms with E-state index in [1.165, 1.54) is 11.3 Å². The molecule has 3 aromatic rings. The molecule has 162 valence electrons. The smallest absolute Gasteiger partial charge is 0.213 e. The van der Waals surface area contributed by atoms with Crippen LogP contribution >= 0.6 is 34.5 Å². The minimum atomic E-state index is -0.671. The van der Waals surface area contributed by atoms with Crippen molar-refractivity contribution in [1.29, 1.82) is 5.41 Å². The maximum Gasteiger partial charge on any atom is 0.213 e. The van der Waals surface area contributed by atoms with E-state index in [4.69, 9.17) is 28.9 Å². The molecule has 2 aromatic carbocycles. The predicted octanol–water partition coefficient (Wildman–Crippen LogP) is 6.38. The Morgan fingerprint density at radius 1 is 1.28 bits per heavy atom. The minimum Gasteiger partial charge on any atom is -0.368 e. The Bertz CT molecular complexity index is 1370. The van der Waals surface area contributed by atoms with Crippen LogP contribution in [0.1, 0.15) is 40.6 Å². The summed E-state index contributed by atoms with van der Waals surface area (Å²) in [6.07, 6.45) is 4.91. The lowest BCUT2D eigenvalue weighted by Crippen LogP contribution is -2.32. The average Bonchev–Trinajstić information content (AvgIpc) is 3.13. The molecule has 0 saturated heterocycles.